The van der Waals surface area contributed by atoms with Crippen molar-refractivity contribution in [2.75, 3.05) is 0 Å². The maximum atomic E-state index is 11.1. The molecule has 3 aromatic carbocycles. The number of para-hydroxylation sites is 1. The lowest BCUT2D eigenvalue weighted by Crippen LogP contribution is -2.04. The van der Waals surface area contributed by atoms with E-state index in [1.54, 1.807) is 25.1 Å². The molecular weight excluding hydrogens is 318 g/mol. The van der Waals surface area contributed by atoms with Crippen LogP contribution in [0.25, 0.3) is 21.9 Å². The molecule has 4 aromatic rings. The molecule has 124 valence electrons. The number of fused-ring (bicyclic) bond motifs is 3. The van der Waals surface area contributed by atoms with Gasteiger partial charge in [-0.1, -0.05) is 42.5 Å². The summed E-state index contributed by atoms with van der Waals surface area (Å²) in [6.07, 6.45) is -0.961. The number of aliphatic hydroxyl groups is 1. The molecule has 1 heterocycles. The first kappa shape index (κ1) is 15.4. The lowest BCUT2D eigenvalue weighted by atomic mass is 9.96. The quantitative estimate of drug-likeness (QED) is 0.428. The molecule has 0 radical (unpaired) electrons. The molecule has 0 amide bonds. The molecule has 0 spiro atoms. The van der Waals surface area contributed by atoms with Crippen LogP contribution in [-0.4, -0.2) is 10.0 Å². The number of nitro groups is 1. The number of nitrogens with zero attached hydrogens (tertiary/aromatic N) is 1. The standard InChI is InChI=1S/C20H15NO4/c1-12-14(6-4-7-17(12)21(23)24)20(22)13-9-10-16-15-5-2-3-8-18(15)25-19(16)11-13/h2-11,20,22H,1H3. The number of hydrogen-bond acceptors (Lipinski definition) is 4. The second kappa shape index (κ2) is 5.72. The molecule has 1 atom stereocenters. The van der Waals surface area contributed by atoms with E-state index in [0.717, 1.165) is 16.4 Å². The molecule has 0 saturated carbocycles. The Morgan fingerprint density at radius 2 is 1.76 bits per heavy atom. The van der Waals surface area contributed by atoms with E-state index in [2.05, 4.69) is 0 Å². The SMILES string of the molecule is Cc1c(C(O)c2ccc3c(c2)oc2ccccc23)cccc1[N+](=O)[O-]. The van der Waals surface area contributed by atoms with E-state index >= 15 is 0 Å². The summed E-state index contributed by atoms with van der Waals surface area (Å²) in [5.41, 5.74) is 3.09. The number of hydrogen-bond donors (Lipinski definition) is 1. The van der Waals surface area contributed by atoms with Gasteiger partial charge in [-0.05, 0) is 30.2 Å². The van der Waals surface area contributed by atoms with Gasteiger partial charge in [-0.15, -0.1) is 0 Å². The summed E-state index contributed by atoms with van der Waals surface area (Å²) in [6.45, 7) is 1.65. The molecule has 1 unspecified atom stereocenters. The van der Waals surface area contributed by atoms with Crippen molar-refractivity contribution < 1.29 is 14.4 Å². The van der Waals surface area contributed by atoms with Gasteiger partial charge in [0.1, 0.15) is 17.3 Å². The summed E-state index contributed by atoms with van der Waals surface area (Å²) in [5.74, 6) is 0. The molecule has 0 aliphatic carbocycles. The zero-order valence-electron chi connectivity index (χ0n) is 13.5. The van der Waals surface area contributed by atoms with E-state index in [9.17, 15) is 15.2 Å². The zero-order chi connectivity index (χ0) is 17.6. The van der Waals surface area contributed by atoms with E-state index in [1.807, 2.05) is 36.4 Å². The van der Waals surface area contributed by atoms with Gasteiger partial charge in [0.2, 0.25) is 0 Å². The Balaban J connectivity index is 1.83. The molecular formula is C20H15NO4. The Hall–Kier alpha value is -3.18. The summed E-state index contributed by atoms with van der Waals surface area (Å²) in [7, 11) is 0. The predicted octanol–water partition coefficient (Wildman–Crippen LogP) is 4.88. The average Bonchev–Trinajstić information content (AvgIpc) is 2.98. The van der Waals surface area contributed by atoms with E-state index in [1.165, 1.54) is 6.07 Å². The molecule has 1 N–H and O–H groups in total. The highest BCUT2D eigenvalue weighted by Crippen LogP contribution is 2.34. The van der Waals surface area contributed by atoms with Gasteiger partial charge in [0.25, 0.3) is 5.69 Å². The molecule has 1 aromatic heterocycles. The van der Waals surface area contributed by atoms with Gasteiger partial charge in [0.15, 0.2) is 0 Å². The van der Waals surface area contributed by atoms with Crippen LogP contribution in [0.1, 0.15) is 22.8 Å². The minimum Gasteiger partial charge on any atom is -0.456 e. The molecule has 0 fully saturated rings. The van der Waals surface area contributed by atoms with Gasteiger partial charge < -0.3 is 9.52 Å². The van der Waals surface area contributed by atoms with Crippen molar-refractivity contribution in [1.29, 1.82) is 0 Å². The van der Waals surface area contributed by atoms with Crippen LogP contribution in [0.15, 0.2) is 65.1 Å². The molecule has 25 heavy (non-hydrogen) atoms. The average molecular weight is 333 g/mol. The highest BCUT2D eigenvalue weighted by Gasteiger charge is 2.20. The third kappa shape index (κ3) is 2.45. The van der Waals surface area contributed by atoms with E-state index in [0.29, 0.717) is 22.3 Å². The Morgan fingerprint density at radius 1 is 1.00 bits per heavy atom. The summed E-state index contributed by atoms with van der Waals surface area (Å²) >= 11 is 0. The highest BCUT2D eigenvalue weighted by molar-refractivity contribution is 6.04. The first-order chi connectivity index (χ1) is 12.1. The van der Waals surface area contributed by atoms with Crippen LogP contribution in [0.5, 0.6) is 0 Å². The van der Waals surface area contributed by atoms with Crippen molar-refractivity contribution in [3.05, 3.63) is 87.5 Å². The molecule has 5 nitrogen and oxygen atoms in total. The Labute approximate surface area is 143 Å². The van der Waals surface area contributed by atoms with Crippen molar-refractivity contribution in [3.63, 3.8) is 0 Å². The summed E-state index contributed by atoms with van der Waals surface area (Å²) in [6, 6.07) is 18.0. The maximum Gasteiger partial charge on any atom is 0.272 e. The van der Waals surface area contributed by atoms with E-state index in [-0.39, 0.29) is 5.69 Å². The second-order valence-corrected chi connectivity index (χ2v) is 6.00. The minimum atomic E-state index is -0.961. The fraction of sp³-hybridized carbons (Fsp3) is 0.100. The van der Waals surface area contributed by atoms with Gasteiger partial charge in [-0.25, -0.2) is 0 Å². The third-order valence-electron chi connectivity index (χ3n) is 4.56. The van der Waals surface area contributed by atoms with Crippen LogP contribution in [0.2, 0.25) is 0 Å². The zero-order valence-corrected chi connectivity index (χ0v) is 13.5. The Kier molecular flexibility index (Phi) is 3.51. The number of nitro benzene ring substituents is 1. The van der Waals surface area contributed by atoms with Gasteiger partial charge >= 0.3 is 0 Å². The van der Waals surface area contributed by atoms with Crippen molar-refractivity contribution in [2.24, 2.45) is 0 Å². The molecule has 0 aliphatic rings. The topological polar surface area (TPSA) is 76.5 Å². The predicted molar refractivity (Wildman–Crippen MR) is 95.6 cm³/mol. The number of aliphatic hydroxyl groups excluding tert-OH is 1. The number of furan rings is 1. The molecule has 0 aliphatic heterocycles. The lowest BCUT2D eigenvalue weighted by Gasteiger charge is -2.14. The normalized spacial score (nSPS) is 12.6. The van der Waals surface area contributed by atoms with Crippen molar-refractivity contribution in [3.8, 4) is 0 Å². The lowest BCUT2D eigenvalue weighted by molar-refractivity contribution is -0.385. The number of benzene rings is 3. The van der Waals surface area contributed by atoms with Crippen molar-refractivity contribution in [1.82, 2.24) is 0 Å². The van der Waals surface area contributed by atoms with Gasteiger partial charge in [0.05, 0.1) is 4.92 Å². The summed E-state index contributed by atoms with van der Waals surface area (Å²) in [5, 5.41) is 23.9. The highest BCUT2D eigenvalue weighted by atomic mass is 16.6. The van der Waals surface area contributed by atoms with Gasteiger partial charge in [0, 0.05) is 22.4 Å². The fourth-order valence-electron chi connectivity index (χ4n) is 3.23. The first-order valence-electron chi connectivity index (χ1n) is 7.89. The van der Waals surface area contributed by atoms with Gasteiger partial charge in [-0.2, -0.15) is 0 Å². The fourth-order valence-corrected chi connectivity index (χ4v) is 3.23. The molecule has 4 rings (SSSR count). The van der Waals surface area contributed by atoms with Crippen LogP contribution in [0.3, 0.4) is 0 Å². The smallest absolute Gasteiger partial charge is 0.272 e. The number of rotatable bonds is 3. The van der Waals surface area contributed by atoms with Crippen LogP contribution in [-0.2, 0) is 0 Å². The van der Waals surface area contributed by atoms with Crippen LogP contribution >= 0.6 is 0 Å². The Morgan fingerprint density at radius 3 is 2.56 bits per heavy atom. The van der Waals surface area contributed by atoms with Crippen LogP contribution in [0.4, 0.5) is 5.69 Å². The third-order valence-corrected chi connectivity index (χ3v) is 4.56. The second-order valence-electron chi connectivity index (χ2n) is 6.00. The molecule has 0 bridgehead atoms. The minimum absolute atomic E-state index is 0.00126. The summed E-state index contributed by atoms with van der Waals surface area (Å²) in [4.78, 5) is 10.7. The molecule has 0 saturated heterocycles. The monoisotopic (exact) mass is 333 g/mol. The first-order valence-corrected chi connectivity index (χ1v) is 7.89. The largest absolute Gasteiger partial charge is 0.456 e. The van der Waals surface area contributed by atoms with E-state index in [4.69, 9.17) is 4.42 Å². The van der Waals surface area contributed by atoms with Gasteiger partial charge in [-0.3, -0.25) is 10.1 Å². The summed E-state index contributed by atoms with van der Waals surface area (Å²) < 4.78 is 5.85. The van der Waals surface area contributed by atoms with Crippen molar-refractivity contribution >= 4 is 27.6 Å². The van der Waals surface area contributed by atoms with Crippen LogP contribution in [0, 0.1) is 17.0 Å². The van der Waals surface area contributed by atoms with Crippen molar-refractivity contribution in [2.45, 2.75) is 13.0 Å². The van der Waals surface area contributed by atoms with Crippen LogP contribution < -0.4 is 0 Å². The van der Waals surface area contributed by atoms with E-state index < -0.39 is 11.0 Å². The molecule has 5 heteroatoms. The Bertz CT molecular complexity index is 1110. The maximum absolute atomic E-state index is 11.1.